The quantitative estimate of drug-likeness (QED) is 0.129. The molecule has 3 aromatic rings. The Bertz CT molecular complexity index is 1500. The van der Waals surface area contributed by atoms with E-state index < -0.39 is 27.5 Å². The molecule has 1 amide bonds. The van der Waals surface area contributed by atoms with E-state index in [1.54, 1.807) is 41.3 Å². The summed E-state index contributed by atoms with van der Waals surface area (Å²) >= 11 is 27.0. The second-order valence-corrected chi connectivity index (χ2v) is 19.7. The number of ketones is 1. The molecule has 1 atom stereocenters. The molecule has 226 valence electrons. The van der Waals surface area contributed by atoms with Gasteiger partial charge in [-0.15, -0.1) is 0 Å². The summed E-state index contributed by atoms with van der Waals surface area (Å²) in [4.78, 5) is 29.9. The van der Waals surface area contributed by atoms with E-state index in [0.29, 0.717) is 37.7 Å². The zero-order valence-corrected chi connectivity index (χ0v) is 30.4. The van der Waals surface area contributed by atoms with Crippen LogP contribution in [0.3, 0.4) is 0 Å². The molecular formula is C33H29Cl4I2N2O2-. The number of halogens is 6. The summed E-state index contributed by atoms with van der Waals surface area (Å²) in [6, 6.07) is 20.2. The van der Waals surface area contributed by atoms with Gasteiger partial charge in [0.2, 0.25) is 0 Å². The van der Waals surface area contributed by atoms with Gasteiger partial charge in [-0.3, -0.25) is 0 Å². The van der Waals surface area contributed by atoms with Crippen molar-refractivity contribution in [2.45, 2.75) is 39.6 Å². The Morgan fingerprint density at radius 2 is 1.40 bits per heavy atom. The van der Waals surface area contributed by atoms with Crippen molar-refractivity contribution in [1.82, 2.24) is 8.43 Å². The first kappa shape index (κ1) is 33.2. The molecule has 0 spiro atoms. The van der Waals surface area contributed by atoms with Crippen molar-refractivity contribution in [2.24, 2.45) is 0 Å². The predicted molar refractivity (Wildman–Crippen MR) is 183 cm³/mol. The molecule has 2 fully saturated rings. The van der Waals surface area contributed by atoms with Crippen molar-refractivity contribution in [3.8, 4) is 0 Å². The van der Waals surface area contributed by atoms with E-state index in [9.17, 15) is 9.59 Å². The average molecular weight is 881 g/mol. The third kappa shape index (κ3) is 8.77. The van der Waals surface area contributed by atoms with E-state index in [2.05, 4.69) is 38.3 Å². The molecule has 1 saturated heterocycles. The van der Waals surface area contributed by atoms with Gasteiger partial charge in [0.25, 0.3) is 0 Å². The number of Topliss-reactive ketones (excluding diaryl/α,β-unsaturated/α-hetero) is 1. The van der Waals surface area contributed by atoms with E-state index in [1.807, 2.05) is 30.3 Å². The number of nitrogens with zero attached hydrogens (tertiary/aromatic N) is 1. The fourth-order valence-corrected chi connectivity index (χ4v) is 10.1. The van der Waals surface area contributed by atoms with Crippen LogP contribution in [0.4, 0.5) is 0 Å². The van der Waals surface area contributed by atoms with Gasteiger partial charge in [-0.2, -0.15) is 0 Å². The van der Waals surface area contributed by atoms with Gasteiger partial charge < -0.3 is 0 Å². The number of amides is 1. The summed E-state index contributed by atoms with van der Waals surface area (Å²) < 4.78 is 3.99. The fraction of sp³-hybridized carbons (Fsp3) is 0.273. The Balaban J connectivity index is 1.49. The van der Waals surface area contributed by atoms with Crippen LogP contribution in [0.15, 0.2) is 77.9 Å². The van der Waals surface area contributed by atoms with Crippen LogP contribution in [-0.4, -0.2) is 37.2 Å². The molecule has 2 aliphatic rings. The number of nitrogens with one attached hydrogen (secondary N) is 1. The number of hydrogen-bond donors (Lipinski definition) is 1. The van der Waals surface area contributed by atoms with Crippen LogP contribution >= 0.6 is 69.0 Å². The minimum absolute atomic E-state index is 0.0193. The van der Waals surface area contributed by atoms with Crippen LogP contribution in [0.1, 0.15) is 42.4 Å². The molecule has 3 aromatic carbocycles. The standard InChI is InChI=1S/C33H29Cl4I2N2O2/c34-26-10-8-22(16-28(26)36)14-24-19-41(20-25(31(24)42)15-23-9-11-27(35)29(37)17-23)32(43)30(18-21-6-2-1-3-7-21)40-39-33(38)12-4-5-13-33/h1-3,6-11,14-17,30,40H,4-5,12-13,18-20H2/q-1/b24-14+,25-15+. The molecule has 0 aromatic heterocycles. The molecular weight excluding hydrogens is 852 g/mol. The van der Waals surface area contributed by atoms with Gasteiger partial charge in [-0.1, -0.05) is 0 Å². The van der Waals surface area contributed by atoms with E-state index in [1.165, 1.54) is 25.7 Å². The number of alkyl halides is 2. The minimum atomic E-state index is -0.445. The van der Waals surface area contributed by atoms with E-state index >= 15 is 0 Å². The van der Waals surface area contributed by atoms with Gasteiger partial charge in [0.15, 0.2) is 0 Å². The van der Waals surface area contributed by atoms with Crippen LogP contribution in [-0.2, 0) is 16.0 Å². The number of piperidine rings is 1. The van der Waals surface area contributed by atoms with Crippen molar-refractivity contribution >= 4 is 92.8 Å². The number of rotatable bonds is 8. The molecule has 0 bridgehead atoms. The Labute approximate surface area is 296 Å². The number of benzene rings is 3. The Hall–Kier alpha value is -1.14. The summed E-state index contributed by atoms with van der Waals surface area (Å²) in [6.07, 6.45) is 9.00. The van der Waals surface area contributed by atoms with Crippen molar-refractivity contribution < 1.29 is 31.1 Å². The molecule has 43 heavy (non-hydrogen) atoms. The van der Waals surface area contributed by atoms with E-state index in [4.69, 9.17) is 46.4 Å². The molecule has 1 aliphatic heterocycles. The maximum absolute atomic E-state index is 14.3. The third-order valence-electron chi connectivity index (χ3n) is 7.46. The molecule has 4 nitrogen and oxygen atoms in total. The van der Waals surface area contributed by atoms with Crippen molar-refractivity contribution in [2.75, 3.05) is 13.1 Å². The maximum atomic E-state index is 14.3. The van der Waals surface area contributed by atoms with Gasteiger partial charge in [0.05, 0.1) is 0 Å². The topological polar surface area (TPSA) is 49.4 Å². The second-order valence-electron chi connectivity index (χ2n) is 10.7. The molecule has 1 heterocycles. The average Bonchev–Trinajstić information content (AvgIpc) is 3.43. The van der Waals surface area contributed by atoms with Crippen LogP contribution in [0.2, 0.25) is 20.1 Å². The predicted octanol–water partition coefficient (Wildman–Crippen LogP) is 6.09. The summed E-state index contributed by atoms with van der Waals surface area (Å²) in [5.74, 6) is -0.146. The molecule has 0 radical (unpaired) electrons. The molecule has 1 N–H and O–H groups in total. The number of likely N-dealkylation sites (tertiary alicyclic amines) is 1. The zero-order chi connectivity index (χ0) is 30.6. The van der Waals surface area contributed by atoms with E-state index in [-0.39, 0.29) is 26.2 Å². The van der Waals surface area contributed by atoms with E-state index in [0.717, 1.165) is 16.7 Å². The first-order valence-corrected chi connectivity index (χ1v) is 18.6. The van der Waals surface area contributed by atoms with Crippen molar-refractivity contribution in [1.29, 1.82) is 0 Å². The number of carbonyl (C=O) groups excluding carboxylic acids is 2. The molecule has 5 rings (SSSR count). The Kier molecular flexibility index (Phi) is 11.6. The van der Waals surface area contributed by atoms with Gasteiger partial charge in [-0.25, -0.2) is 0 Å². The molecule has 1 unspecified atom stereocenters. The van der Waals surface area contributed by atoms with Crippen LogP contribution in [0.5, 0.6) is 0 Å². The van der Waals surface area contributed by atoms with Crippen LogP contribution in [0, 0.1) is 0 Å². The van der Waals surface area contributed by atoms with Crippen molar-refractivity contribution in [3.63, 3.8) is 0 Å². The monoisotopic (exact) mass is 879 g/mol. The van der Waals surface area contributed by atoms with Gasteiger partial charge in [0, 0.05) is 0 Å². The second kappa shape index (κ2) is 15.0. The van der Waals surface area contributed by atoms with Crippen LogP contribution < -0.4 is 25.0 Å². The molecule has 1 saturated carbocycles. The zero-order valence-electron chi connectivity index (χ0n) is 23.1. The number of carbonyl (C=O) groups is 2. The van der Waals surface area contributed by atoms with Gasteiger partial charge in [0.1, 0.15) is 0 Å². The molecule has 10 heteroatoms. The normalized spacial score (nSPS) is 19.4. The van der Waals surface area contributed by atoms with Gasteiger partial charge in [-0.05, 0) is 0 Å². The Morgan fingerprint density at radius 3 is 1.91 bits per heavy atom. The van der Waals surface area contributed by atoms with Crippen molar-refractivity contribution in [3.05, 3.63) is 115 Å². The molecule has 1 aliphatic carbocycles. The summed E-state index contributed by atoms with van der Waals surface area (Å²) in [5.41, 5.74) is 3.56. The first-order chi connectivity index (χ1) is 20.6. The SMILES string of the molecule is O=C1/C(=C/c2ccc(Cl)c(Cl)c2)CN(C(=O)C(Cc2ccccc2)N[I-]C2(I)CCCC2)C/C1=C\c1ccc(Cl)c(Cl)c1. The first-order valence-electron chi connectivity index (χ1n) is 13.9. The van der Waals surface area contributed by atoms with Crippen LogP contribution in [0.25, 0.3) is 12.2 Å². The third-order valence-corrected chi connectivity index (χ3v) is 14.5. The fourth-order valence-electron chi connectivity index (χ4n) is 5.20. The Morgan fingerprint density at radius 1 is 0.860 bits per heavy atom. The van der Waals surface area contributed by atoms with Gasteiger partial charge >= 0.3 is 300 Å². The number of hydrogen-bond acceptors (Lipinski definition) is 3. The summed E-state index contributed by atoms with van der Waals surface area (Å²) in [5, 5.41) is 1.66. The summed E-state index contributed by atoms with van der Waals surface area (Å²) in [6.45, 7) is 0.384. The summed E-state index contributed by atoms with van der Waals surface area (Å²) in [7, 11) is 0.